The summed E-state index contributed by atoms with van der Waals surface area (Å²) in [6.45, 7) is -2.05. The third-order valence-corrected chi connectivity index (χ3v) is 8.13. The number of carboxylic acids is 1. The van der Waals surface area contributed by atoms with Crippen LogP contribution in [0.3, 0.4) is 0 Å². The zero-order valence-electron chi connectivity index (χ0n) is 20.7. The van der Waals surface area contributed by atoms with Gasteiger partial charge in [0, 0.05) is 6.54 Å². The minimum absolute atomic E-state index is 0.0414. The molecule has 2 saturated carbocycles. The van der Waals surface area contributed by atoms with E-state index in [0.717, 1.165) is 0 Å². The van der Waals surface area contributed by atoms with Gasteiger partial charge in [0.2, 0.25) is 0 Å². The molecule has 2 aromatic rings. The van der Waals surface area contributed by atoms with E-state index in [4.69, 9.17) is 23.2 Å². The molecule has 0 bridgehead atoms. The van der Waals surface area contributed by atoms with E-state index in [0.29, 0.717) is 15.8 Å². The molecule has 4 rings (SSSR count). The van der Waals surface area contributed by atoms with Crippen molar-refractivity contribution in [3.63, 3.8) is 0 Å². The van der Waals surface area contributed by atoms with Crippen molar-refractivity contribution in [2.24, 2.45) is 11.3 Å². The van der Waals surface area contributed by atoms with E-state index < -0.39 is 71.7 Å². The van der Waals surface area contributed by atoms with Crippen LogP contribution in [0.4, 0.5) is 26.3 Å². The van der Waals surface area contributed by atoms with Gasteiger partial charge < -0.3 is 10.0 Å². The Morgan fingerprint density at radius 3 is 2.08 bits per heavy atom. The van der Waals surface area contributed by atoms with Gasteiger partial charge in [0.15, 0.2) is 11.5 Å². The number of benzene rings is 1. The van der Waals surface area contributed by atoms with Crippen LogP contribution in [-0.2, 0) is 11.0 Å². The van der Waals surface area contributed by atoms with Crippen LogP contribution in [0.5, 0.6) is 0 Å². The van der Waals surface area contributed by atoms with Gasteiger partial charge >= 0.3 is 18.3 Å². The number of alkyl halides is 6. The highest BCUT2D eigenvalue weighted by Crippen LogP contribution is 2.58. The Bertz CT molecular complexity index is 1290. The van der Waals surface area contributed by atoms with Gasteiger partial charge in [-0.2, -0.15) is 31.4 Å². The summed E-state index contributed by atoms with van der Waals surface area (Å²) in [7, 11) is 0. The normalized spacial score (nSPS) is 20.7. The van der Waals surface area contributed by atoms with Gasteiger partial charge in [0.25, 0.3) is 5.91 Å². The van der Waals surface area contributed by atoms with Crippen LogP contribution in [0.15, 0.2) is 24.4 Å². The molecule has 2 aliphatic rings. The summed E-state index contributed by atoms with van der Waals surface area (Å²) >= 11 is 12.1. The second-order valence-electron chi connectivity index (χ2n) is 10.2. The van der Waals surface area contributed by atoms with Gasteiger partial charge in [-0.3, -0.25) is 19.1 Å². The summed E-state index contributed by atoms with van der Waals surface area (Å²) in [4.78, 5) is 38.3. The van der Waals surface area contributed by atoms with Crippen LogP contribution in [0.2, 0.25) is 10.0 Å². The predicted octanol–water partition coefficient (Wildman–Crippen LogP) is 6.69. The number of aromatic nitrogens is 2. The number of halogens is 8. The van der Waals surface area contributed by atoms with E-state index in [1.807, 2.05) is 0 Å². The highest BCUT2D eigenvalue weighted by Gasteiger charge is 2.64. The molecule has 0 saturated heterocycles. The third kappa shape index (κ3) is 5.95. The lowest BCUT2D eigenvalue weighted by Crippen LogP contribution is -2.44. The number of carbonyl (C=O) groups excluding carboxylic acids is 2. The third-order valence-electron chi connectivity index (χ3n) is 7.50. The van der Waals surface area contributed by atoms with Crippen LogP contribution >= 0.6 is 23.2 Å². The smallest absolute Gasteiger partial charge is 0.433 e. The first-order chi connectivity index (χ1) is 18.6. The van der Waals surface area contributed by atoms with E-state index >= 15 is 0 Å². The molecule has 2 fully saturated rings. The lowest BCUT2D eigenvalue weighted by Gasteiger charge is -2.30. The first-order valence-electron chi connectivity index (χ1n) is 12.3. The van der Waals surface area contributed by atoms with E-state index in [2.05, 4.69) is 5.10 Å². The number of hydrogen-bond acceptors (Lipinski definition) is 4. The number of carboxylic acid groups (broad SMARTS) is 1. The molecule has 1 N–H and O–H groups in total. The lowest BCUT2D eigenvalue weighted by atomic mass is 9.86. The number of Topliss-reactive ketones (excluding diaryl/α,β-unsaturated/α-hetero) is 1. The second kappa shape index (κ2) is 10.9. The van der Waals surface area contributed by atoms with Gasteiger partial charge in [-0.1, -0.05) is 29.3 Å². The van der Waals surface area contributed by atoms with Crippen LogP contribution in [-0.4, -0.2) is 56.7 Å². The van der Waals surface area contributed by atoms with Crippen molar-refractivity contribution < 1.29 is 45.8 Å². The Kier molecular flexibility index (Phi) is 8.21. The molecule has 1 aromatic carbocycles. The largest absolute Gasteiger partial charge is 0.481 e. The molecule has 0 aliphatic heterocycles. The van der Waals surface area contributed by atoms with Crippen LogP contribution in [0, 0.1) is 11.3 Å². The number of aliphatic carboxylic acids is 1. The van der Waals surface area contributed by atoms with Gasteiger partial charge in [0.05, 0.1) is 51.3 Å². The van der Waals surface area contributed by atoms with Gasteiger partial charge in [-0.05, 0) is 50.7 Å². The SMILES string of the molecule is O=C(CN(CC1(C(F)(F)F)CC1)C(=O)c1cnn([C@H]2CC[C@H](C(=O)O)CC2)c1C(F)(F)F)c1c(Cl)cccc1Cl. The summed E-state index contributed by atoms with van der Waals surface area (Å²) in [5.74, 6) is -4.19. The van der Waals surface area contributed by atoms with Crippen LogP contribution in [0.25, 0.3) is 0 Å². The maximum absolute atomic E-state index is 14.3. The molecule has 0 spiro atoms. The molecule has 218 valence electrons. The molecule has 0 unspecified atom stereocenters. The molecule has 0 radical (unpaired) electrons. The summed E-state index contributed by atoms with van der Waals surface area (Å²) in [5.41, 5.74) is -5.12. The summed E-state index contributed by atoms with van der Waals surface area (Å²) < 4.78 is 84.9. The maximum atomic E-state index is 14.3. The fourth-order valence-corrected chi connectivity index (χ4v) is 5.69. The summed E-state index contributed by atoms with van der Waals surface area (Å²) in [6, 6.07) is 3.14. The van der Waals surface area contributed by atoms with E-state index in [-0.39, 0.29) is 54.1 Å². The first-order valence-corrected chi connectivity index (χ1v) is 13.0. The molecule has 2 aliphatic carbocycles. The van der Waals surface area contributed by atoms with Crippen molar-refractivity contribution in [2.45, 2.75) is 56.9 Å². The first kappa shape index (κ1) is 30.2. The highest BCUT2D eigenvalue weighted by atomic mass is 35.5. The molecule has 7 nitrogen and oxygen atoms in total. The number of hydrogen-bond donors (Lipinski definition) is 1. The predicted molar refractivity (Wildman–Crippen MR) is 130 cm³/mol. The molecule has 40 heavy (non-hydrogen) atoms. The van der Waals surface area contributed by atoms with Crippen molar-refractivity contribution in [1.82, 2.24) is 14.7 Å². The Hall–Kier alpha value is -2.80. The van der Waals surface area contributed by atoms with E-state index in [1.54, 1.807) is 0 Å². The number of rotatable bonds is 8. The van der Waals surface area contributed by atoms with Crippen molar-refractivity contribution >= 4 is 40.9 Å². The fourth-order valence-electron chi connectivity index (χ4n) is 5.08. The van der Waals surface area contributed by atoms with Crippen LogP contribution in [0.1, 0.15) is 71.0 Å². The monoisotopic (exact) mass is 613 g/mol. The Morgan fingerprint density at radius 1 is 1.02 bits per heavy atom. The number of amides is 1. The molecule has 15 heteroatoms. The molecular formula is C25H23Cl2F6N3O4. The van der Waals surface area contributed by atoms with E-state index in [9.17, 15) is 45.8 Å². The van der Waals surface area contributed by atoms with Gasteiger partial charge in [0.1, 0.15) is 0 Å². The van der Waals surface area contributed by atoms with Crippen molar-refractivity contribution in [2.75, 3.05) is 13.1 Å². The number of carbonyl (C=O) groups is 3. The standard InChI is InChI=1S/C25H23Cl2F6N3O4/c26-16-2-1-3-17(27)19(16)18(37)11-35(12-23(8-9-23)25(31,32)33)21(38)15-10-34-36(20(15)24(28,29)30)14-6-4-13(5-7-14)22(39)40/h1-3,10,13-14H,4-9,11-12H2,(H,39,40)/t13-,14-. The van der Waals surface area contributed by atoms with E-state index in [1.165, 1.54) is 18.2 Å². The Morgan fingerprint density at radius 2 is 1.60 bits per heavy atom. The quantitative estimate of drug-likeness (QED) is 0.264. The van der Waals surface area contributed by atoms with Crippen LogP contribution < -0.4 is 0 Å². The topological polar surface area (TPSA) is 92.5 Å². The van der Waals surface area contributed by atoms with Gasteiger partial charge in [-0.25, -0.2) is 0 Å². The minimum atomic E-state index is -5.13. The van der Waals surface area contributed by atoms with Crippen molar-refractivity contribution in [1.29, 1.82) is 0 Å². The maximum Gasteiger partial charge on any atom is 0.433 e. The molecule has 1 heterocycles. The minimum Gasteiger partial charge on any atom is -0.481 e. The number of ketones is 1. The fraction of sp³-hybridized carbons (Fsp3) is 0.520. The lowest BCUT2D eigenvalue weighted by molar-refractivity contribution is -0.189. The Labute approximate surface area is 234 Å². The molecule has 1 amide bonds. The van der Waals surface area contributed by atoms with Crippen molar-refractivity contribution in [3.05, 3.63) is 51.3 Å². The molecule has 1 aromatic heterocycles. The van der Waals surface area contributed by atoms with Crippen molar-refractivity contribution in [3.8, 4) is 0 Å². The Balaban J connectivity index is 1.70. The zero-order chi connectivity index (χ0) is 29.6. The summed E-state index contributed by atoms with van der Waals surface area (Å²) in [5, 5.41) is 12.7. The highest BCUT2D eigenvalue weighted by molar-refractivity contribution is 6.40. The zero-order valence-corrected chi connectivity index (χ0v) is 22.2. The molecule has 0 atom stereocenters. The summed E-state index contributed by atoms with van der Waals surface area (Å²) in [6.07, 6.45) is -9.73. The van der Waals surface area contributed by atoms with Gasteiger partial charge in [-0.15, -0.1) is 0 Å². The molecular weight excluding hydrogens is 591 g/mol. The average molecular weight is 614 g/mol. The second-order valence-corrected chi connectivity index (χ2v) is 11.0. The number of nitrogens with zero attached hydrogens (tertiary/aromatic N) is 3. The average Bonchev–Trinajstić information content (AvgIpc) is 3.51.